The third-order valence-electron chi connectivity index (χ3n) is 3.81. The summed E-state index contributed by atoms with van der Waals surface area (Å²) in [5, 5.41) is 3.00. The average Bonchev–Trinajstić information content (AvgIpc) is 2.55. The highest BCUT2D eigenvalue weighted by molar-refractivity contribution is 6.05. The summed E-state index contributed by atoms with van der Waals surface area (Å²) in [7, 11) is 0. The van der Waals surface area contributed by atoms with E-state index in [1.807, 2.05) is 12.1 Å². The van der Waals surface area contributed by atoms with Crippen LogP contribution in [0.25, 0.3) is 0 Å². The molecule has 1 aromatic carbocycles. The second-order valence-corrected chi connectivity index (χ2v) is 5.18. The Morgan fingerprint density at radius 1 is 1.19 bits per heavy atom. The molecular formula is C16H18N4O. The number of hydrogen-bond acceptors (Lipinski definition) is 4. The van der Waals surface area contributed by atoms with Crippen LogP contribution in [-0.2, 0) is 12.8 Å². The first-order chi connectivity index (χ1) is 10.3. The molecule has 0 saturated carbocycles. The first-order valence-electron chi connectivity index (χ1n) is 7.13. The van der Waals surface area contributed by atoms with Gasteiger partial charge in [-0.3, -0.25) is 4.79 Å². The van der Waals surface area contributed by atoms with Gasteiger partial charge in [0.05, 0.1) is 0 Å². The molecule has 1 aliphatic rings. The minimum absolute atomic E-state index is 0.145. The van der Waals surface area contributed by atoms with Crippen LogP contribution in [0, 0.1) is 0 Å². The van der Waals surface area contributed by atoms with Crippen LogP contribution in [0.15, 0.2) is 36.5 Å². The number of aromatic nitrogens is 1. The highest BCUT2D eigenvalue weighted by atomic mass is 16.1. The van der Waals surface area contributed by atoms with Crippen LogP contribution in [0.4, 0.5) is 11.5 Å². The van der Waals surface area contributed by atoms with E-state index >= 15 is 0 Å². The normalized spacial score (nSPS) is 13.4. The van der Waals surface area contributed by atoms with Crippen molar-refractivity contribution < 1.29 is 4.79 Å². The Hall–Kier alpha value is -2.40. The summed E-state index contributed by atoms with van der Waals surface area (Å²) in [6.07, 6.45) is 6.08. The zero-order chi connectivity index (χ0) is 14.7. The van der Waals surface area contributed by atoms with Crippen molar-refractivity contribution in [3.8, 4) is 0 Å². The van der Waals surface area contributed by atoms with Crippen molar-refractivity contribution in [2.45, 2.75) is 25.7 Å². The molecule has 1 aliphatic carbocycles. The van der Waals surface area contributed by atoms with Crippen molar-refractivity contribution in [2.75, 3.05) is 10.7 Å². The number of benzene rings is 1. The number of nitrogen functional groups attached to an aromatic ring is 1. The highest BCUT2D eigenvalue weighted by Crippen LogP contribution is 2.28. The number of aryl methyl sites for hydroxylation is 1. The van der Waals surface area contributed by atoms with E-state index in [4.69, 9.17) is 5.84 Å². The number of pyridine rings is 1. The molecule has 4 N–H and O–H groups in total. The molecule has 0 fully saturated rings. The first kappa shape index (κ1) is 13.6. The van der Waals surface area contributed by atoms with Crippen molar-refractivity contribution in [3.63, 3.8) is 0 Å². The van der Waals surface area contributed by atoms with Crippen LogP contribution < -0.4 is 16.6 Å². The number of nitrogens with two attached hydrogens (primary N) is 1. The number of carbonyl (C=O) groups is 1. The van der Waals surface area contributed by atoms with Gasteiger partial charge >= 0.3 is 0 Å². The highest BCUT2D eigenvalue weighted by Gasteiger charge is 2.15. The van der Waals surface area contributed by atoms with Crippen LogP contribution >= 0.6 is 0 Å². The maximum Gasteiger partial charge on any atom is 0.255 e. The zero-order valence-electron chi connectivity index (χ0n) is 11.7. The number of fused-ring (bicyclic) bond motifs is 1. The summed E-state index contributed by atoms with van der Waals surface area (Å²) in [5.41, 5.74) is 6.50. The lowest BCUT2D eigenvalue weighted by molar-refractivity contribution is 0.102. The lowest BCUT2D eigenvalue weighted by Crippen LogP contribution is -2.16. The minimum Gasteiger partial charge on any atom is -0.322 e. The van der Waals surface area contributed by atoms with Crippen molar-refractivity contribution in [1.29, 1.82) is 0 Å². The van der Waals surface area contributed by atoms with E-state index < -0.39 is 0 Å². The van der Waals surface area contributed by atoms with Crippen LogP contribution in [0.2, 0.25) is 0 Å². The molecule has 5 nitrogen and oxygen atoms in total. The third-order valence-corrected chi connectivity index (χ3v) is 3.81. The van der Waals surface area contributed by atoms with Crippen molar-refractivity contribution in [3.05, 3.63) is 53.2 Å². The molecule has 1 aromatic heterocycles. The van der Waals surface area contributed by atoms with Crippen molar-refractivity contribution >= 4 is 17.4 Å². The van der Waals surface area contributed by atoms with Gasteiger partial charge in [0.25, 0.3) is 5.91 Å². The predicted octanol–water partition coefficient (Wildman–Crippen LogP) is 2.50. The van der Waals surface area contributed by atoms with E-state index in [0.29, 0.717) is 11.4 Å². The van der Waals surface area contributed by atoms with Gasteiger partial charge in [-0.05, 0) is 55.0 Å². The minimum atomic E-state index is -0.145. The zero-order valence-corrected chi connectivity index (χ0v) is 11.7. The van der Waals surface area contributed by atoms with E-state index in [0.717, 1.165) is 18.5 Å². The Morgan fingerprint density at radius 2 is 2.05 bits per heavy atom. The number of carbonyl (C=O) groups excluding carboxylic acids is 1. The van der Waals surface area contributed by atoms with E-state index in [1.54, 1.807) is 18.3 Å². The average molecular weight is 282 g/mol. The maximum absolute atomic E-state index is 12.4. The smallest absolute Gasteiger partial charge is 0.255 e. The summed E-state index contributed by atoms with van der Waals surface area (Å²) in [6.45, 7) is 0. The topological polar surface area (TPSA) is 80.0 Å². The summed E-state index contributed by atoms with van der Waals surface area (Å²) >= 11 is 0. The van der Waals surface area contributed by atoms with Crippen LogP contribution in [0.1, 0.15) is 34.3 Å². The molecule has 2 aromatic rings. The summed E-state index contributed by atoms with van der Waals surface area (Å²) in [5.74, 6) is 5.64. The predicted molar refractivity (Wildman–Crippen MR) is 83.1 cm³/mol. The molecule has 0 bridgehead atoms. The standard InChI is InChI=1S/C16H18N4O/c17-20-15-10-12(8-9-18-15)16(21)19-14-7-3-5-11-4-1-2-6-13(11)14/h3,5,7-10H,1-2,4,6,17H2,(H,18,20)(H,19,21). The third kappa shape index (κ3) is 2.87. The van der Waals surface area contributed by atoms with Gasteiger partial charge in [0.1, 0.15) is 5.82 Å². The maximum atomic E-state index is 12.4. The molecule has 5 heteroatoms. The fourth-order valence-corrected chi connectivity index (χ4v) is 2.74. The van der Waals surface area contributed by atoms with Crippen molar-refractivity contribution in [1.82, 2.24) is 4.98 Å². The quantitative estimate of drug-likeness (QED) is 0.597. The number of hydrogen-bond donors (Lipinski definition) is 3. The lowest BCUT2D eigenvalue weighted by atomic mass is 9.90. The Balaban J connectivity index is 1.84. The SMILES string of the molecule is NNc1cc(C(=O)Nc2cccc3c2CCCC3)ccn1. The lowest BCUT2D eigenvalue weighted by Gasteiger charge is -2.19. The number of amides is 1. The van der Waals surface area contributed by atoms with Gasteiger partial charge < -0.3 is 10.7 Å². The van der Waals surface area contributed by atoms with E-state index in [1.165, 1.54) is 24.0 Å². The molecule has 0 spiro atoms. The second-order valence-electron chi connectivity index (χ2n) is 5.18. The monoisotopic (exact) mass is 282 g/mol. The fraction of sp³-hybridized carbons (Fsp3) is 0.250. The second kappa shape index (κ2) is 5.93. The first-order valence-corrected chi connectivity index (χ1v) is 7.13. The fourth-order valence-electron chi connectivity index (χ4n) is 2.74. The van der Waals surface area contributed by atoms with Gasteiger partial charge in [-0.1, -0.05) is 12.1 Å². The van der Waals surface area contributed by atoms with Gasteiger partial charge in [-0.25, -0.2) is 10.8 Å². The molecule has 0 unspecified atom stereocenters. The summed E-state index contributed by atoms with van der Waals surface area (Å²) in [6, 6.07) is 9.41. The molecule has 0 saturated heterocycles. The van der Waals surface area contributed by atoms with Crippen LogP contribution in [-0.4, -0.2) is 10.9 Å². The number of rotatable bonds is 3. The van der Waals surface area contributed by atoms with E-state index in [9.17, 15) is 4.79 Å². The molecule has 21 heavy (non-hydrogen) atoms. The molecule has 0 atom stereocenters. The molecule has 0 radical (unpaired) electrons. The Kier molecular flexibility index (Phi) is 3.83. The molecule has 1 amide bonds. The number of anilines is 2. The van der Waals surface area contributed by atoms with Gasteiger partial charge in [0.15, 0.2) is 0 Å². The van der Waals surface area contributed by atoms with Crippen molar-refractivity contribution in [2.24, 2.45) is 5.84 Å². The van der Waals surface area contributed by atoms with Crippen LogP contribution in [0.5, 0.6) is 0 Å². The summed E-state index contributed by atoms with van der Waals surface area (Å²) in [4.78, 5) is 16.4. The molecule has 108 valence electrons. The Morgan fingerprint density at radius 3 is 2.90 bits per heavy atom. The number of nitrogens with one attached hydrogen (secondary N) is 2. The van der Waals surface area contributed by atoms with Crippen LogP contribution in [0.3, 0.4) is 0 Å². The van der Waals surface area contributed by atoms with Gasteiger partial charge in [-0.15, -0.1) is 0 Å². The molecule has 3 rings (SSSR count). The molecule has 0 aliphatic heterocycles. The van der Waals surface area contributed by atoms with Gasteiger partial charge in [-0.2, -0.15) is 0 Å². The van der Waals surface area contributed by atoms with Gasteiger partial charge in [0.2, 0.25) is 0 Å². The number of nitrogens with zero attached hydrogens (tertiary/aromatic N) is 1. The molecule has 1 heterocycles. The largest absolute Gasteiger partial charge is 0.322 e. The number of hydrazine groups is 1. The molecular weight excluding hydrogens is 264 g/mol. The van der Waals surface area contributed by atoms with Gasteiger partial charge in [0, 0.05) is 17.4 Å². The van der Waals surface area contributed by atoms with E-state index in [2.05, 4.69) is 21.8 Å². The van der Waals surface area contributed by atoms with E-state index in [-0.39, 0.29) is 5.91 Å². The Labute approximate surface area is 123 Å². The Bertz CT molecular complexity index is 669. The summed E-state index contributed by atoms with van der Waals surface area (Å²) < 4.78 is 0.